The summed E-state index contributed by atoms with van der Waals surface area (Å²) in [6, 6.07) is 12.7. The van der Waals surface area contributed by atoms with Crippen LogP contribution < -0.4 is 4.74 Å². The zero-order valence-electron chi connectivity index (χ0n) is 12.9. The molecule has 0 aliphatic carbocycles. The van der Waals surface area contributed by atoms with E-state index in [-0.39, 0.29) is 12.9 Å². The smallest absolute Gasteiger partial charge is 0.357 e. The minimum Gasteiger partial charge on any atom is -0.468 e. The molecule has 0 fully saturated rings. The van der Waals surface area contributed by atoms with Gasteiger partial charge in [0.2, 0.25) is 0 Å². The van der Waals surface area contributed by atoms with E-state index in [4.69, 9.17) is 14.2 Å². The van der Waals surface area contributed by atoms with E-state index in [1.54, 1.807) is 33.1 Å². The SMILES string of the molecule is COCOc1ccc(-c2cccc(C(=O)OC(C)C)n2)cc1. The van der Waals surface area contributed by atoms with Gasteiger partial charge in [-0.15, -0.1) is 0 Å². The van der Waals surface area contributed by atoms with Crippen molar-refractivity contribution in [2.45, 2.75) is 20.0 Å². The van der Waals surface area contributed by atoms with E-state index in [1.165, 1.54) is 0 Å². The summed E-state index contributed by atoms with van der Waals surface area (Å²) in [6.07, 6.45) is -0.171. The number of hydrogen-bond acceptors (Lipinski definition) is 5. The van der Waals surface area contributed by atoms with Crippen LogP contribution in [0, 0.1) is 0 Å². The third kappa shape index (κ3) is 4.30. The van der Waals surface area contributed by atoms with E-state index in [2.05, 4.69) is 4.98 Å². The van der Waals surface area contributed by atoms with Crippen LogP contribution in [0.4, 0.5) is 0 Å². The first-order valence-corrected chi connectivity index (χ1v) is 7.00. The molecule has 0 saturated carbocycles. The molecule has 0 bridgehead atoms. The number of benzene rings is 1. The first-order valence-electron chi connectivity index (χ1n) is 7.00. The monoisotopic (exact) mass is 301 g/mol. The lowest BCUT2D eigenvalue weighted by atomic mass is 10.1. The number of ether oxygens (including phenoxy) is 3. The van der Waals surface area contributed by atoms with Gasteiger partial charge in [-0.3, -0.25) is 0 Å². The number of methoxy groups -OCH3 is 1. The molecule has 0 aliphatic heterocycles. The Balaban J connectivity index is 2.17. The maximum Gasteiger partial charge on any atom is 0.357 e. The molecule has 1 aromatic heterocycles. The summed E-state index contributed by atoms with van der Waals surface area (Å²) in [5, 5.41) is 0. The molecule has 0 unspecified atom stereocenters. The van der Waals surface area contributed by atoms with Gasteiger partial charge in [0, 0.05) is 12.7 Å². The third-order valence-corrected chi connectivity index (χ3v) is 2.79. The van der Waals surface area contributed by atoms with Gasteiger partial charge >= 0.3 is 5.97 Å². The Kier molecular flexibility index (Phi) is 5.49. The minimum atomic E-state index is -0.420. The van der Waals surface area contributed by atoms with Crippen LogP contribution in [0.2, 0.25) is 0 Å². The van der Waals surface area contributed by atoms with Crippen LogP contribution in [0.3, 0.4) is 0 Å². The maximum atomic E-state index is 11.9. The number of carbonyl (C=O) groups excluding carboxylic acids is 1. The summed E-state index contributed by atoms with van der Waals surface area (Å²) in [7, 11) is 1.57. The molecule has 0 spiro atoms. The fourth-order valence-electron chi connectivity index (χ4n) is 1.83. The number of aromatic nitrogens is 1. The molecule has 1 aromatic carbocycles. The van der Waals surface area contributed by atoms with Crippen molar-refractivity contribution in [1.82, 2.24) is 4.98 Å². The molecule has 0 saturated heterocycles. The molecule has 0 radical (unpaired) electrons. The Labute approximate surface area is 129 Å². The molecule has 2 rings (SSSR count). The van der Waals surface area contributed by atoms with Crippen molar-refractivity contribution in [3.63, 3.8) is 0 Å². The second-order valence-electron chi connectivity index (χ2n) is 4.94. The lowest BCUT2D eigenvalue weighted by molar-refractivity contribution is 0.0371. The largest absolute Gasteiger partial charge is 0.468 e. The number of rotatable bonds is 6. The number of esters is 1. The Morgan fingerprint density at radius 1 is 1.14 bits per heavy atom. The van der Waals surface area contributed by atoms with E-state index in [9.17, 15) is 4.79 Å². The quantitative estimate of drug-likeness (QED) is 0.605. The molecule has 0 N–H and O–H groups in total. The highest BCUT2D eigenvalue weighted by molar-refractivity contribution is 5.88. The topological polar surface area (TPSA) is 57.7 Å². The second kappa shape index (κ2) is 7.56. The van der Waals surface area contributed by atoms with E-state index < -0.39 is 5.97 Å². The van der Waals surface area contributed by atoms with Crippen LogP contribution in [-0.2, 0) is 9.47 Å². The first-order chi connectivity index (χ1) is 10.6. The van der Waals surface area contributed by atoms with E-state index >= 15 is 0 Å². The van der Waals surface area contributed by atoms with Gasteiger partial charge < -0.3 is 14.2 Å². The highest BCUT2D eigenvalue weighted by atomic mass is 16.7. The van der Waals surface area contributed by atoms with Crippen LogP contribution in [0.1, 0.15) is 24.3 Å². The van der Waals surface area contributed by atoms with Gasteiger partial charge in [-0.2, -0.15) is 0 Å². The van der Waals surface area contributed by atoms with Crippen molar-refractivity contribution in [3.05, 3.63) is 48.2 Å². The van der Waals surface area contributed by atoms with Crippen molar-refractivity contribution < 1.29 is 19.0 Å². The van der Waals surface area contributed by atoms with E-state index in [0.717, 1.165) is 5.56 Å². The number of carbonyl (C=O) groups is 1. The lowest BCUT2D eigenvalue weighted by Gasteiger charge is -2.09. The fraction of sp³-hybridized carbons (Fsp3) is 0.294. The minimum absolute atomic E-state index is 0.171. The molecule has 2 aromatic rings. The lowest BCUT2D eigenvalue weighted by Crippen LogP contribution is -2.13. The Bertz CT molecular complexity index is 623. The van der Waals surface area contributed by atoms with Gasteiger partial charge in [0.1, 0.15) is 11.4 Å². The van der Waals surface area contributed by atoms with Crippen LogP contribution in [0.5, 0.6) is 5.75 Å². The van der Waals surface area contributed by atoms with Crippen LogP contribution in [-0.4, -0.2) is 31.0 Å². The van der Waals surface area contributed by atoms with Crippen LogP contribution >= 0.6 is 0 Å². The average molecular weight is 301 g/mol. The van der Waals surface area contributed by atoms with E-state index in [0.29, 0.717) is 17.1 Å². The highest BCUT2D eigenvalue weighted by Gasteiger charge is 2.11. The van der Waals surface area contributed by atoms with Crippen molar-refractivity contribution in [3.8, 4) is 17.0 Å². The summed E-state index contributed by atoms with van der Waals surface area (Å²) in [5.74, 6) is 0.290. The normalized spacial score (nSPS) is 10.5. The molecule has 0 aliphatic rings. The number of nitrogens with zero attached hydrogens (tertiary/aromatic N) is 1. The van der Waals surface area contributed by atoms with E-state index in [1.807, 2.05) is 30.3 Å². The van der Waals surface area contributed by atoms with Crippen molar-refractivity contribution >= 4 is 5.97 Å². The Morgan fingerprint density at radius 3 is 2.50 bits per heavy atom. The maximum absolute atomic E-state index is 11.9. The molecule has 5 heteroatoms. The first kappa shape index (κ1) is 16.0. The van der Waals surface area contributed by atoms with Gasteiger partial charge in [-0.1, -0.05) is 6.07 Å². The molecule has 0 amide bonds. The van der Waals surface area contributed by atoms with Crippen molar-refractivity contribution in [2.24, 2.45) is 0 Å². The molecule has 1 heterocycles. The standard InChI is InChI=1S/C17H19NO4/c1-12(2)22-17(19)16-6-4-5-15(18-16)13-7-9-14(10-8-13)21-11-20-3/h4-10,12H,11H2,1-3H3. The molecular formula is C17H19NO4. The average Bonchev–Trinajstić information content (AvgIpc) is 2.53. The summed E-state index contributed by atoms with van der Waals surface area (Å²) in [4.78, 5) is 16.2. The van der Waals surface area contributed by atoms with Gasteiger partial charge in [0.25, 0.3) is 0 Å². The van der Waals surface area contributed by atoms with Crippen molar-refractivity contribution in [1.29, 1.82) is 0 Å². The Hall–Kier alpha value is -2.40. The summed E-state index contributed by atoms with van der Waals surface area (Å²) in [6.45, 7) is 3.81. The third-order valence-electron chi connectivity index (χ3n) is 2.79. The Morgan fingerprint density at radius 2 is 1.86 bits per heavy atom. The highest BCUT2D eigenvalue weighted by Crippen LogP contribution is 2.21. The summed E-state index contributed by atoms with van der Waals surface area (Å²) >= 11 is 0. The van der Waals surface area contributed by atoms with Crippen molar-refractivity contribution in [2.75, 3.05) is 13.9 Å². The second-order valence-corrected chi connectivity index (χ2v) is 4.94. The van der Waals surface area contributed by atoms with Gasteiger partial charge in [0.15, 0.2) is 6.79 Å². The van der Waals surface area contributed by atoms with Gasteiger partial charge in [-0.05, 0) is 50.2 Å². The summed E-state index contributed by atoms with van der Waals surface area (Å²) < 4.78 is 15.3. The molecule has 0 atom stereocenters. The number of hydrogen-bond donors (Lipinski definition) is 0. The summed E-state index contributed by atoms with van der Waals surface area (Å²) in [5.41, 5.74) is 1.89. The molecule has 5 nitrogen and oxygen atoms in total. The van der Waals surface area contributed by atoms with Gasteiger partial charge in [0.05, 0.1) is 11.8 Å². The molecular weight excluding hydrogens is 282 g/mol. The zero-order valence-corrected chi connectivity index (χ0v) is 12.9. The van der Waals surface area contributed by atoms with Gasteiger partial charge in [-0.25, -0.2) is 9.78 Å². The zero-order chi connectivity index (χ0) is 15.9. The predicted molar refractivity (Wildman–Crippen MR) is 82.7 cm³/mol. The number of pyridine rings is 1. The predicted octanol–water partition coefficient (Wildman–Crippen LogP) is 3.30. The molecule has 116 valence electrons. The fourth-order valence-corrected chi connectivity index (χ4v) is 1.83. The van der Waals surface area contributed by atoms with Crippen LogP contribution in [0.25, 0.3) is 11.3 Å². The van der Waals surface area contributed by atoms with Crippen LogP contribution in [0.15, 0.2) is 42.5 Å². The molecule has 22 heavy (non-hydrogen) atoms.